The molecule has 5 nitrogen and oxygen atoms in total. The number of carboxylic acid groups (broad SMARTS) is 1. The third-order valence-corrected chi connectivity index (χ3v) is 3.79. The minimum Gasteiger partial charge on any atom is -0.550 e. The first-order valence-electron chi connectivity index (χ1n) is 5.33. The van der Waals surface area contributed by atoms with E-state index in [1.807, 2.05) is 0 Å². The first kappa shape index (κ1) is 13.0. The van der Waals surface area contributed by atoms with Crippen molar-refractivity contribution in [3.05, 3.63) is 22.7 Å². The van der Waals surface area contributed by atoms with Crippen molar-refractivity contribution in [3.63, 3.8) is 0 Å². The molecule has 1 aliphatic carbocycles. The van der Waals surface area contributed by atoms with Gasteiger partial charge in [-0.1, -0.05) is 17.7 Å². The minimum atomic E-state index is -1.23. The first-order chi connectivity index (χ1) is 8.58. The Morgan fingerprint density at radius 3 is 2.89 bits per heavy atom. The van der Waals surface area contributed by atoms with Crippen molar-refractivity contribution in [2.45, 2.75) is 12.8 Å². The lowest BCUT2D eigenvalue weighted by molar-refractivity contribution is -0.313. The van der Waals surface area contributed by atoms with Gasteiger partial charge in [0.15, 0.2) is 5.13 Å². The van der Waals surface area contributed by atoms with Gasteiger partial charge in [0.1, 0.15) is 0 Å². The van der Waals surface area contributed by atoms with Gasteiger partial charge in [-0.3, -0.25) is 4.79 Å². The van der Waals surface area contributed by atoms with Crippen molar-refractivity contribution in [1.82, 2.24) is 4.98 Å². The van der Waals surface area contributed by atoms with Crippen molar-refractivity contribution in [1.29, 1.82) is 0 Å². The third kappa shape index (κ3) is 2.88. The summed E-state index contributed by atoms with van der Waals surface area (Å²) >= 11 is 7.13. The van der Waals surface area contributed by atoms with E-state index in [0.29, 0.717) is 10.2 Å². The highest BCUT2D eigenvalue weighted by Gasteiger charge is 2.32. The van der Waals surface area contributed by atoms with Gasteiger partial charge in [0.05, 0.1) is 5.92 Å². The molecule has 0 fully saturated rings. The van der Waals surface area contributed by atoms with Gasteiger partial charge in [0.25, 0.3) is 0 Å². The third-order valence-electron chi connectivity index (χ3n) is 2.80. The number of anilines is 1. The van der Waals surface area contributed by atoms with Crippen LogP contribution in [0.3, 0.4) is 0 Å². The molecule has 96 valence electrons. The SMILES string of the molecule is O=C([O-])C1CC=C(Cl)CC1C(=O)Nc1nccs1. The minimum absolute atomic E-state index is 0.219. The Bertz CT molecular complexity index is 486. The van der Waals surface area contributed by atoms with Gasteiger partial charge in [0, 0.05) is 28.5 Å². The highest BCUT2D eigenvalue weighted by Crippen LogP contribution is 2.32. The maximum absolute atomic E-state index is 12.0. The molecule has 0 bridgehead atoms. The number of halogens is 1. The normalized spacial score (nSPS) is 23.3. The molecule has 2 atom stereocenters. The van der Waals surface area contributed by atoms with Crippen LogP contribution in [0.2, 0.25) is 0 Å². The van der Waals surface area contributed by atoms with Gasteiger partial charge in [-0.2, -0.15) is 0 Å². The van der Waals surface area contributed by atoms with Gasteiger partial charge in [-0.15, -0.1) is 11.3 Å². The van der Waals surface area contributed by atoms with Crippen LogP contribution in [0.25, 0.3) is 0 Å². The van der Waals surface area contributed by atoms with Crippen LogP contribution in [-0.4, -0.2) is 16.9 Å². The van der Waals surface area contributed by atoms with E-state index in [1.165, 1.54) is 11.3 Å². The van der Waals surface area contributed by atoms with Crippen molar-refractivity contribution in [2.75, 3.05) is 5.32 Å². The molecule has 7 heteroatoms. The number of nitrogens with zero attached hydrogens (tertiary/aromatic N) is 1. The topological polar surface area (TPSA) is 82.1 Å². The number of aromatic nitrogens is 1. The molecule has 1 amide bonds. The molecule has 1 N–H and O–H groups in total. The fraction of sp³-hybridized carbons (Fsp3) is 0.364. The zero-order valence-corrected chi connectivity index (χ0v) is 10.8. The van der Waals surface area contributed by atoms with Crippen LogP contribution in [0.4, 0.5) is 5.13 Å². The summed E-state index contributed by atoms with van der Waals surface area (Å²) in [6, 6.07) is 0. The Kier molecular flexibility index (Phi) is 3.98. The average molecular weight is 286 g/mol. The summed E-state index contributed by atoms with van der Waals surface area (Å²) in [5, 5.41) is 16.3. The Hall–Kier alpha value is -1.40. The monoisotopic (exact) mass is 285 g/mol. The molecular formula is C11H10ClN2O3S-. The second-order valence-electron chi connectivity index (χ2n) is 3.95. The van der Waals surface area contributed by atoms with Gasteiger partial charge < -0.3 is 15.2 Å². The number of amides is 1. The zero-order valence-electron chi connectivity index (χ0n) is 9.26. The van der Waals surface area contributed by atoms with E-state index < -0.39 is 17.8 Å². The van der Waals surface area contributed by atoms with E-state index in [2.05, 4.69) is 10.3 Å². The fourth-order valence-corrected chi connectivity index (χ4v) is 2.66. The van der Waals surface area contributed by atoms with E-state index in [9.17, 15) is 14.7 Å². The molecule has 0 aromatic carbocycles. The number of nitrogens with one attached hydrogen (secondary N) is 1. The summed E-state index contributed by atoms with van der Waals surface area (Å²) in [4.78, 5) is 26.9. The second-order valence-corrected chi connectivity index (χ2v) is 5.33. The number of carboxylic acids is 1. The molecule has 1 aliphatic rings. The van der Waals surface area contributed by atoms with E-state index in [4.69, 9.17) is 11.6 Å². The highest BCUT2D eigenvalue weighted by atomic mass is 35.5. The molecule has 1 aromatic heterocycles. The number of carbonyl (C=O) groups is 2. The predicted molar refractivity (Wildman–Crippen MR) is 65.9 cm³/mol. The van der Waals surface area contributed by atoms with Crippen molar-refractivity contribution in [2.24, 2.45) is 11.8 Å². The summed E-state index contributed by atoms with van der Waals surface area (Å²) in [5.74, 6) is -3.16. The molecule has 1 heterocycles. The molecule has 0 saturated carbocycles. The largest absolute Gasteiger partial charge is 0.550 e. The Morgan fingerprint density at radius 2 is 2.28 bits per heavy atom. The molecule has 2 rings (SSSR count). The van der Waals surface area contributed by atoms with Crippen molar-refractivity contribution in [3.8, 4) is 0 Å². The second kappa shape index (κ2) is 5.49. The molecule has 1 aromatic rings. The number of thiazole rings is 1. The van der Waals surface area contributed by atoms with Crippen LogP contribution in [0.5, 0.6) is 0 Å². The molecule has 0 saturated heterocycles. The van der Waals surface area contributed by atoms with Crippen molar-refractivity contribution < 1.29 is 14.7 Å². The summed E-state index contributed by atoms with van der Waals surface area (Å²) < 4.78 is 0. The number of aliphatic carboxylic acids is 1. The Labute approximate surface area is 112 Å². The number of hydrogen-bond acceptors (Lipinski definition) is 5. The van der Waals surface area contributed by atoms with Crippen LogP contribution in [0.15, 0.2) is 22.7 Å². The van der Waals surface area contributed by atoms with Gasteiger partial charge in [-0.25, -0.2) is 4.98 Å². The van der Waals surface area contributed by atoms with Crippen LogP contribution in [0, 0.1) is 11.8 Å². The number of rotatable bonds is 3. The quantitative estimate of drug-likeness (QED) is 0.897. The summed E-state index contributed by atoms with van der Waals surface area (Å²) in [6.07, 6.45) is 3.62. The van der Waals surface area contributed by atoms with Crippen LogP contribution >= 0.6 is 22.9 Å². The van der Waals surface area contributed by atoms with Gasteiger partial charge >= 0.3 is 0 Å². The molecular weight excluding hydrogens is 276 g/mol. The maximum atomic E-state index is 12.0. The Morgan fingerprint density at radius 1 is 1.50 bits per heavy atom. The molecule has 0 aliphatic heterocycles. The number of allylic oxidation sites excluding steroid dienone is 2. The molecule has 0 radical (unpaired) electrons. The molecule has 0 spiro atoms. The van der Waals surface area contributed by atoms with Crippen LogP contribution < -0.4 is 10.4 Å². The Balaban J connectivity index is 2.11. The maximum Gasteiger partial charge on any atom is 0.230 e. The lowest BCUT2D eigenvalue weighted by atomic mass is 9.82. The van der Waals surface area contributed by atoms with E-state index in [-0.39, 0.29) is 18.7 Å². The first-order valence-corrected chi connectivity index (χ1v) is 6.59. The fourth-order valence-electron chi connectivity index (χ4n) is 1.87. The zero-order chi connectivity index (χ0) is 13.1. The number of carbonyl (C=O) groups excluding carboxylic acids is 2. The van der Waals surface area contributed by atoms with Crippen molar-refractivity contribution >= 4 is 39.9 Å². The highest BCUT2D eigenvalue weighted by molar-refractivity contribution is 7.13. The predicted octanol–water partition coefficient (Wildman–Crippen LogP) is 0.980. The van der Waals surface area contributed by atoms with Crippen LogP contribution in [-0.2, 0) is 9.59 Å². The standard InChI is InChI=1S/C11H11ClN2O3S/c12-6-1-2-7(10(16)17)8(5-6)9(15)14-11-13-3-4-18-11/h1,3-4,7-8H,2,5H2,(H,16,17)(H,13,14,15)/p-1. The summed E-state index contributed by atoms with van der Waals surface area (Å²) in [5.41, 5.74) is 0. The van der Waals surface area contributed by atoms with E-state index in [0.717, 1.165) is 0 Å². The van der Waals surface area contributed by atoms with Gasteiger partial charge in [0.2, 0.25) is 5.91 Å². The molecule has 18 heavy (non-hydrogen) atoms. The number of hydrogen-bond donors (Lipinski definition) is 1. The summed E-state index contributed by atoms with van der Waals surface area (Å²) in [7, 11) is 0. The van der Waals surface area contributed by atoms with E-state index in [1.54, 1.807) is 17.7 Å². The smallest absolute Gasteiger partial charge is 0.230 e. The lowest BCUT2D eigenvalue weighted by Crippen LogP contribution is -2.42. The summed E-state index contributed by atoms with van der Waals surface area (Å²) in [6.45, 7) is 0. The van der Waals surface area contributed by atoms with Crippen LogP contribution in [0.1, 0.15) is 12.8 Å². The average Bonchev–Trinajstić information content (AvgIpc) is 2.81. The van der Waals surface area contributed by atoms with Gasteiger partial charge in [-0.05, 0) is 12.8 Å². The lowest BCUT2D eigenvalue weighted by Gasteiger charge is -2.29. The van der Waals surface area contributed by atoms with E-state index >= 15 is 0 Å². The molecule has 2 unspecified atom stereocenters.